The molecule has 0 bridgehead atoms. The molecular formula is C16H14F2N2O4. The Hall–Kier alpha value is -3.03. The Bertz CT molecular complexity index is 705. The van der Waals surface area contributed by atoms with Gasteiger partial charge in [-0.1, -0.05) is 30.3 Å². The van der Waals surface area contributed by atoms with Crippen LogP contribution >= 0.6 is 0 Å². The monoisotopic (exact) mass is 336 g/mol. The van der Waals surface area contributed by atoms with E-state index in [9.17, 15) is 18.4 Å². The van der Waals surface area contributed by atoms with Crippen LogP contribution in [0.25, 0.3) is 0 Å². The summed E-state index contributed by atoms with van der Waals surface area (Å²) in [6, 6.07) is 7.21. The molecule has 1 amide bonds. The molecule has 2 rings (SSSR count). The maximum Gasteiger partial charge on any atom is 0.408 e. The number of carbonyl (C=O) groups is 2. The van der Waals surface area contributed by atoms with Crippen molar-refractivity contribution in [3.05, 3.63) is 65.5 Å². The average Bonchev–Trinajstić information content (AvgIpc) is 2.56. The third-order valence-electron chi connectivity index (χ3n) is 3.16. The second-order valence-electron chi connectivity index (χ2n) is 4.88. The summed E-state index contributed by atoms with van der Waals surface area (Å²) in [5, 5.41) is 11.2. The summed E-state index contributed by atoms with van der Waals surface area (Å²) >= 11 is 0. The molecule has 0 fully saturated rings. The first-order chi connectivity index (χ1) is 11.5. The van der Waals surface area contributed by atoms with Crippen molar-refractivity contribution in [3.8, 4) is 0 Å². The Morgan fingerprint density at radius 2 is 1.79 bits per heavy atom. The number of alkyl carbamates (subject to hydrolysis) is 1. The van der Waals surface area contributed by atoms with Crippen LogP contribution in [0, 0.1) is 11.6 Å². The number of aromatic nitrogens is 1. The fraction of sp³-hybridized carbons (Fsp3) is 0.188. The van der Waals surface area contributed by atoms with E-state index in [1.807, 2.05) is 0 Å². The van der Waals surface area contributed by atoms with Crippen molar-refractivity contribution in [2.45, 2.75) is 19.1 Å². The molecule has 6 nitrogen and oxygen atoms in total. The summed E-state index contributed by atoms with van der Waals surface area (Å²) in [4.78, 5) is 26.2. The van der Waals surface area contributed by atoms with Crippen LogP contribution in [0.3, 0.4) is 0 Å². The Kier molecular flexibility index (Phi) is 5.78. The summed E-state index contributed by atoms with van der Waals surface area (Å²) in [7, 11) is 0. The fourth-order valence-electron chi connectivity index (χ4n) is 1.94. The van der Waals surface area contributed by atoms with Crippen LogP contribution in [0.5, 0.6) is 0 Å². The van der Waals surface area contributed by atoms with Gasteiger partial charge in [-0.25, -0.2) is 18.4 Å². The number of pyridine rings is 1. The molecule has 1 atom stereocenters. The zero-order valence-corrected chi connectivity index (χ0v) is 12.4. The molecule has 1 aromatic heterocycles. The highest BCUT2D eigenvalue weighted by Gasteiger charge is 2.24. The SMILES string of the molecule is O=C(NC(Cc1c(F)cncc1F)C(=O)O)OCc1ccccc1. The van der Waals surface area contributed by atoms with Gasteiger partial charge in [0.2, 0.25) is 0 Å². The van der Waals surface area contributed by atoms with E-state index in [0.717, 1.165) is 12.4 Å². The number of carboxylic acid groups (broad SMARTS) is 1. The lowest BCUT2D eigenvalue weighted by Gasteiger charge is -2.15. The minimum absolute atomic E-state index is 0.0585. The van der Waals surface area contributed by atoms with Crippen LogP contribution in [-0.4, -0.2) is 28.2 Å². The number of amides is 1. The Morgan fingerprint density at radius 1 is 1.17 bits per heavy atom. The molecule has 0 spiro atoms. The van der Waals surface area contributed by atoms with E-state index in [2.05, 4.69) is 10.3 Å². The molecule has 2 N–H and O–H groups in total. The normalized spacial score (nSPS) is 11.6. The Balaban J connectivity index is 1.98. The topological polar surface area (TPSA) is 88.5 Å². The third kappa shape index (κ3) is 4.73. The van der Waals surface area contributed by atoms with Gasteiger partial charge in [0.05, 0.1) is 12.4 Å². The zero-order chi connectivity index (χ0) is 17.5. The summed E-state index contributed by atoms with van der Waals surface area (Å²) in [5.74, 6) is -3.41. The molecule has 1 unspecified atom stereocenters. The van der Waals surface area contributed by atoms with E-state index < -0.39 is 41.7 Å². The number of rotatable bonds is 6. The van der Waals surface area contributed by atoms with E-state index in [1.165, 1.54) is 0 Å². The largest absolute Gasteiger partial charge is 0.480 e. The number of hydrogen-bond acceptors (Lipinski definition) is 4. The van der Waals surface area contributed by atoms with E-state index in [-0.39, 0.29) is 6.61 Å². The van der Waals surface area contributed by atoms with Gasteiger partial charge < -0.3 is 15.2 Å². The van der Waals surface area contributed by atoms with Gasteiger partial charge in [-0.2, -0.15) is 0 Å². The molecule has 0 radical (unpaired) electrons. The maximum absolute atomic E-state index is 13.5. The number of carboxylic acids is 1. The molecule has 0 saturated heterocycles. The molecule has 1 aromatic carbocycles. The molecule has 0 aliphatic carbocycles. The van der Waals surface area contributed by atoms with E-state index >= 15 is 0 Å². The number of ether oxygens (including phenoxy) is 1. The molecular weight excluding hydrogens is 322 g/mol. The van der Waals surface area contributed by atoms with Gasteiger partial charge in [-0.3, -0.25) is 4.98 Å². The van der Waals surface area contributed by atoms with Gasteiger partial charge >= 0.3 is 12.1 Å². The minimum atomic E-state index is -1.54. The van der Waals surface area contributed by atoms with Crippen LogP contribution < -0.4 is 5.32 Å². The van der Waals surface area contributed by atoms with Gasteiger partial charge in [0.1, 0.15) is 24.3 Å². The van der Waals surface area contributed by atoms with Crippen molar-refractivity contribution < 1.29 is 28.2 Å². The van der Waals surface area contributed by atoms with Gasteiger partial charge in [-0.05, 0) is 5.56 Å². The predicted molar refractivity (Wildman–Crippen MR) is 79.0 cm³/mol. The van der Waals surface area contributed by atoms with Gasteiger partial charge in [0, 0.05) is 12.0 Å². The summed E-state index contributed by atoms with van der Waals surface area (Å²) in [5.41, 5.74) is 0.242. The van der Waals surface area contributed by atoms with Gasteiger partial charge in [-0.15, -0.1) is 0 Å². The number of aliphatic carboxylic acids is 1. The van der Waals surface area contributed by atoms with Crippen LogP contribution in [0.1, 0.15) is 11.1 Å². The zero-order valence-electron chi connectivity index (χ0n) is 12.4. The second-order valence-corrected chi connectivity index (χ2v) is 4.88. The summed E-state index contributed by atoms with van der Waals surface area (Å²) in [6.45, 7) is -0.0585. The Morgan fingerprint density at radius 3 is 2.38 bits per heavy atom. The van der Waals surface area contributed by atoms with Crippen molar-refractivity contribution in [2.75, 3.05) is 0 Å². The number of benzene rings is 1. The highest BCUT2D eigenvalue weighted by atomic mass is 19.1. The summed E-state index contributed by atoms with van der Waals surface area (Å²) < 4.78 is 32.0. The maximum atomic E-state index is 13.5. The first-order valence-corrected chi connectivity index (χ1v) is 6.95. The van der Waals surface area contributed by atoms with Crippen LogP contribution in [0.2, 0.25) is 0 Å². The molecule has 126 valence electrons. The predicted octanol–water partition coefficient (Wildman–Crippen LogP) is 2.28. The smallest absolute Gasteiger partial charge is 0.408 e. The second kappa shape index (κ2) is 8.00. The molecule has 8 heteroatoms. The first-order valence-electron chi connectivity index (χ1n) is 6.95. The number of nitrogens with one attached hydrogen (secondary N) is 1. The fourth-order valence-corrected chi connectivity index (χ4v) is 1.94. The quantitative estimate of drug-likeness (QED) is 0.845. The highest BCUT2D eigenvalue weighted by Crippen LogP contribution is 2.13. The molecule has 0 saturated carbocycles. The van der Waals surface area contributed by atoms with Crippen molar-refractivity contribution in [1.82, 2.24) is 10.3 Å². The van der Waals surface area contributed by atoms with Gasteiger partial charge in [0.25, 0.3) is 0 Å². The summed E-state index contributed by atoms with van der Waals surface area (Å²) in [6.07, 6.45) is -0.0346. The lowest BCUT2D eigenvalue weighted by molar-refractivity contribution is -0.139. The van der Waals surface area contributed by atoms with Crippen molar-refractivity contribution in [3.63, 3.8) is 0 Å². The van der Waals surface area contributed by atoms with Crippen LogP contribution in [0.4, 0.5) is 13.6 Å². The number of carbonyl (C=O) groups excluding carboxylic acids is 1. The molecule has 1 heterocycles. The van der Waals surface area contributed by atoms with Crippen LogP contribution in [0.15, 0.2) is 42.7 Å². The van der Waals surface area contributed by atoms with Crippen LogP contribution in [-0.2, 0) is 22.6 Å². The first kappa shape index (κ1) is 17.3. The number of hydrogen-bond donors (Lipinski definition) is 2. The lowest BCUT2D eigenvalue weighted by atomic mass is 10.1. The lowest BCUT2D eigenvalue weighted by Crippen LogP contribution is -2.42. The van der Waals surface area contributed by atoms with Crippen molar-refractivity contribution >= 4 is 12.1 Å². The molecule has 0 aliphatic heterocycles. The van der Waals surface area contributed by atoms with Crippen molar-refractivity contribution in [1.29, 1.82) is 0 Å². The third-order valence-corrected chi connectivity index (χ3v) is 3.16. The standard InChI is InChI=1S/C16H14F2N2O4/c17-12-7-19-8-13(18)11(12)6-14(15(21)22)20-16(23)24-9-10-4-2-1-3-5-10/h1-5,7-8,14H,6,9H2,(H,20,23)(H,21,22). The van der Waals surface area contributed by atoms with E-state index in [4.69, 9.17) is 9.84 Å². The number of halogens is 2. The average molecular weight is 336 g/mol. The van der Waals surface area contributed by atoms with Gasteiger partial charge in [0.15, 0.2) is 0 Å². The molecule has 0 aliphatic rings. The van der Waals surface area contributed by atoms with Crippen molar-refractivity contribution in [2.24, 2.45) is 0 Å². The molecule has 2 aromatic rings. The highest BCUT2D eigenvalue weighted by molar-refractivity contribution is 5.80. The number of nitrogens with zero attached hydrogens (tertiary/aromatic N) is 1. The Labute approximate surface area is 136 Å². The minimum Gasteiger partial charge on any atom is -0.480 e. The van der Waals surface area contributed by atoms with E-state index in [0.29, 0.717) is 5.56 Å². The van der Waals surface area contributed by atoms with E-state index in [1.54, 1.807) is 30.3 Å². The molecule has 24 heavy (non-hydrogen) atoms.